The Morgan fingerprint density at radius 1 is 1.50 bits per heavy atom. The fourth-order valence-corrected chi connectivity index (χ4v) is 1.58. The Morgan fingerprint density at radius 3 is 2.94 bits per heavy atom. The molecule has 1 aromatic carbocycles. The molecule has 0 saturated carbocycles. The Kier molecular flexibility index (Phi) is 3.01. The molecule has 0 fully saturated rings. The van der Waals surface area contributed by atoms with Crippen LogP contribution < -0.4 is 5.73 Å². The van der Waals surface area contributed by atoms with Gasteiger partial charge in [-0.15, -0.1) is 0 Å². The van der Waals surface area contributed by atoms with Crippen LogP contribution in [0.4, 0.5) is 0 Å². The number of hydrogen-bond acceptors (Lipinski definition) is 4. The van der Waals surface area contributed by atoms with Gasteiger partial charge in [-0.1, -0.05) is 25.5 Å². The van der Waals surface area contributed by atoms with Crippen LogP contribution in [-0.4, -0.2) is 16.8 Å². The molecule has 0 aliphatic carbocycles. The second-order valence-electron chi connectivity index (χ2n) is 3.75. The molecule has 0 amide bonds. The fraction of sp³-hybridized carbons (Fsp3) is 0.333. The number of rotatable bonds is 4. The molecule has 0 bridgehead atoms. The summed E-state index contributed by atoms with van der Waals surface area (Å²) in [5.74, 6) is -0.111. The Morgan fingerprint density at radius 2 is 2.25 bits per heavy atom. The lowest BCUT2D eigenvalue weighted by molar-refractivity contribution is 0.0925. The van der Waals surface area contributed by atoms with E-state index in [2.05, 4.69) is 4.98 Å². The number of nitrogens with two attached hydrogens (primary N) is 1. The van der Waals surface area contributed by atoms with Crippen molar-refractivity contribution in [3.05, 3.63) is 30.2 Å². The van der Waals surface area contributed by atoms with E-state index in [4.69, 9.17) is 10.2 Å². The molecule has 0 aliphatic rings. The third kappa shape index (κ3) is 1.97. The zero-order valence-corrected chi connectivity index (χ0v) is 9.14. The van der Waals surface area contributed by atoms with Crippen molar-refractivity contribution in [2.75, 3.05) is 0 Å². The SMILES string of the molecule is CCC[C@H](N)C(=O)c1nc2ccccc2o1. The van der Waals surface area contributed by atoms with Crippen molar-refractivity contribution in [1.82, 2.24) is 4.98 Å². The topological polar surface area (TPSA) is 69.1 Å². The maximum absolute atomic E-state index is 11.8. The zero-order valence-electron chi connectivity index (χ0n) is 9.14. The number of ketones is 1. The van der Waals surface area contributed by atoms with E-state index < -0.39 is 6.04 Å². The maximum Gasteiger partial charge on any atom is 0.265 e. The van der Waals surface area contributed by atoms with Crippen molar-refractivity contribution < 1.29 is 9.21 Å². The first-order chi connectivity index (χ1) is 7.72. The van der Waals surface area contributed by atoms with Gasteiger partial charge in [0.25, 0.3) is 5.89 Å². The molecule has 0 spiro atoms. The highest BCUT2D eigenvalue weighted by atomic mass is 16.4. The van der Waals surface area contributed by atoms with Crippen molar-refractivity contribution in [1.29, 1.82) is 0 Å². The number of carbonyl (C=O) groups is 1. The molecular formula is C12H14N2O2. The minimum atomic E-state index is -0.516. The minimum absolute atomic E-state index is 0.113. The van der Waals surface area contributed by atoms with Crippen LogP contribution in [-0.2, 0) is 0 Å². The number of Topliss-reactive ketones (excluding diaryl/α,β-unsaturated/α-hetero) is 1. The van der Waals surface area contributed by atoms with E-state index in [0.29, 0.717) is 17.5 Å². The van der Waals surface area contributed by atoms with Crippen molar-refractivity contribution in [3.63, 3.8) is 0 Å². The number of hydrogen-bond donors (Lipinski definition) is 1. The van der Waals surface area contributed by atoms with Gasteiger partial charge < -0.3 is 10.2 Å². The molecule has 2 aromatic rings. The molecule has 4 nitrogen and oxygen atoms in total. The molecule has 0 saturated heterocycles. The third-order valence-electron chi connectivity index (χ3n) is 2.44. The zero-order chi connectivity index (χ0) is 11.5. The van der Waals surface area contributed by atoms with Crippen LogP contribution in [0.1, 0.15) is 30.5 Å². The Bertz CT molecular complexity index is 471. The number of nitrogens with zero attached hydrogens (tertiary/aromatic N) is 1. The van der Waals surface area contributed by atoms with Gasteiger partial charge in [-0.25, -0.2) is 4.98 Å². The average Bonchev–Trinajstić information content (AvgIpc) is 2.71. The van der Waals surface area contributed by atoms with E-state index in [0.717, 1.165) is 6.42 Å². The molecule has 4 heteroatoms. The number of para-hydroxylation sites is 2. The summed E-state index contributed by atoms with van der Waals surface area (Å²) >= 11 is 0. The molecule has 0 radical (unpaired) electrons. The van der Waals surface area contributed by atoms with Crippen molar-refractivity contribution in [3.8, 4) is 0 Å². The largest absolute Gasteiger partial charge is 0.434 e. The van der Waals surface area contributed by atoms with E-state index >= 15 is 0 Å². The molecule has 2 N–H and O–H groups in total. The van der Waals surface area contributed by atoms with Crippen molar-refractivity contribution >= 4 is 16.9 Å². The van der Waals surface area contributed by atoms with Crippen LogP contribution in [0, 0.1) is 0 Å². The Balaban J connectivity index is 2.29. The summed E-state index contributed by atoms with van der Waals surface area (Å²) in [4.78, 5) is 15.9. The van der Waals surface area contributed by atoms with Gasteiger partial charge in [0.2, 0.25) is 5.78 Å². The van der Waals surface area contributed by atoms with Crippen LogP contribution in [0.2, 0.25) is 0 Å². The van der Waals surface area contributed by atoms with Crippen LogP contribution in [0.3, 0.4) is 0 Å². The Hall–Kier alpha value is -1.68. The minimum Gasteiger partial charge on any atom is -0.434 e. The van der Waals surface area contributed by atoms with E-state index in [-0.39, 0.29) is 11.7 Å². The molecule has 0 unspecified atom stereocenters. The monoisotopic (exact) mass is 218 g/mol. The Labute approximate surface area is 93.5 Å². The van der Waals surface area contributed by atoms with Crippen LogP contribution in [0.25, 0.3) is 11.1 Å². The number of aromatic nitrogens is 1. The van der Waals surface area contributed by atoms with Gasteiger partial charge in [0.1, 0.15) is 5.52 Å². The highest BCUT2D eigenvalue weighted by molar-refractivity contribution is 5.97. The normalized spacial score (nSPS) is 12.9. The summed E-state index contributed by atoms with van der Waals surface area (Å²) in [7, 11) is 0. The highest BCUT2D eigenvalue weighted by Gasteiger charge is 2.20. The first-order valence-electron chi connectivity index (χ1n) is 5.37. The molecule has 1 atom stereocenters. The lowest BCUT2D eigenvalue weighted by atomic mass is 10.1. The summed E-state index contributed by atoms with van der Waals surface area (Å²) in [5.41, 5.74) is 7.04. The van der Waals surface area contributed by atoms with E-state index in [9.17, 15) is 4.79 Å². The molecule has 16 heavy (non-hydrogen) atoms. The van der Waals surface area contributed by atoms with Gasteiger partial charge in [-0.05, 0) is 18.6 Å². The van der Waals surface area contributed by atoms with E-state index in [1.165, 1.54) is 0 Å². The summed E-state index contributed by atoms with van der Waals surface area (Å²) in [5, 5.41) is 0. The predicted octanol–water partition coefficient (Wildman–Crippen LogP) is 2.14. The van der Waals surface area contributed by atoms with Gasteiger partial charge in [0.15, 0.2) is 5.58 Å². The fourth-order valence-electron chi connectivity index (χ4n) is 1.58. The summed E-state index contributed by atoms with van der Waals surface area (Å²) < 4.78 is 5.36. The number of fused-ring (bicyclic) bond motifs is 1. The maximum atomic E-state index is 11.8. The van der Waals surface area contributed by atoms with Gasteiger partial charge >= 0.3 is 0 Å². The molecule has 1 heterocycles. The van der Waals surface area contributed by atoms with Crippen LogP contribution in [0.15, 0.2) is 28.7 Å². The molecule has 0 aliphatic heterocycles. The molecule has 84 valence electrons. The summed E-state index contributed by atoms with van der Waals surface area (Å²) in [6.45, 7) is 1.99. The predicted molar refractivity (Wildman–Crippen MR) is 61.2 cm³/mol. The quantitative estimate of drug-likeness (QED) is 0.798. The first kappa shape index (κ1) is 10.8. The van der Waals surface area contributed by atoms with Gasteiger partial charge in [0.05, 0.1) is 6.04 Å². The van der Waals surface area contributed by atoms with Gasteiger partial charge in [0, 0.05) is 0 Å². The highest BCUT2D eigenvalue weighted by Crippen LogP contribution is 2.16. The second-order valence-corrected chi connectivity index (χ2v) is 3.75. The van der Waals surface area contributed by atoms with E-state index in [1.807, 2.05) is 19.1 Å². The molecular weight excluding hydrogens is 204 g/mol. The first-order valence-corrected chi connectivity index (χ1v) is 5.37. The smallest absolute Gasteiger partial charge is 0.265 e. The standard InChI is InChI=1S/C12H14N2O2/c1-2-5-8(13)11(15)12-14-9-6-3-4-7-10(9)16-12/h3-4,6-8H,2,5,13H2,1H3/t8-/m0/s1. The lowest BCUT2D eigenvalue weighted by Crippen LogP contribution is -2.30. The van der Waals surface area contributed by atoms with Gasteiger partial charge in [-0.2, -0.15) is 0 Å². The summed E-state index contributed by atoms with van der Waals surface area (Å²) in [6.07, 6.45) is 1.52. The van der Waals surface area contributed by atoms with Gasteiger partial charge in [-0.3, -0.25) is 4.79 Å². The number of benzene rings is 1. The van der Waals surface area contributed by atoms with E-state index in [1.54, 1.807) is 12.1 Å². The third-order valence-corrected chi connectivity index (χ3v) is 2.44. The summed E-state index contributed by atoms with van der Waals surface area (Å²) in [6, 6.07) is 6.77. The van der Waals surface area contributed by atoms with Crippen molar-refractivity contribution in [2.24, 2.45) is 5.73 Å². The number of carbonyl (C=O) groups excluding carboxylic acids is 1. The molecule has 2 rings (SSSR count). The number of oxazole rings is 1. The lowest BCUT2D eigenvalue weighted by Gasteiger charge is -2.04. The van der Waals surface area contributed by atoms with Crippen LogP contribution >= 0.6 is 0 Å². The van der Waals surface area contributed by atoms with Crippen molar-refractivity contribution in [2.45, 2.75) is 25.8 Å². The average molecular weight is 218 g/mol. The second kappa shape index (κ2) is 4.45. The van der Waals surface area contributed by atoms with Crippen LogP contribution in [0.5, 0.6) is 0 Å². The molecule has 1 aromatic heterocycles.